The van der Waals surface area contributed by atoms with Crippen molar-refractivity contribution in [2.45, 2.75) is 12.2 Å². The number of hydrogen-bond donors (Lipinski definition) is 0. The number of aromatic nitrogens is 1. The first-order chi connectivity index (χ1) is 12.8. The molecule has 0 radical (unpaired) electrons. The number of piperazine rings is 1. The van der Waals surface area contributed by atoms with E-state index in [0.717, 1.165) is 0 Å². The Bertz CT molecular complexity index is 915. The van der Waals surface area contributed by atoms with Crippen molar-refractivity contribution < 1.29 is 13.2 Å². The molecule has 3 rings (SSSR count). The number of carbonyl (C=O) groups is 1. The maximum atomic E-state index is 12.7. The van der Waals surface area contributed by atoms with E-state index in [-0.39, 0.29) is 31.2 Å². The van der Waals surface area contributed by atoms with Crippen LogP contribution in [0.25, 0.3) is 0 Å². The van der Waals surface area contributed by atoms with Crippen molar-refractivity contribution >= 4 is 39.1 Å². The van der Waals surface area contributed by atoms with Gasteiger partial charge in [0.1, 0.15) is 0 Å². The Hall–Kier alpha value is -1.67. The summed E-state index contributed by atoms with van der Waals surface area (Å²) in [6.45, 7) is 1.29. The van der Waals surface area contributed by atoms with E-state index in [1.165, 1.54) is 4.31 Å². The van der Waals surface area contributed by atoms with E-state index in [9.17, 15) is 13.2 Å². The number of nitrogens with zero attached hydrogens (tertiary/aromatic N) is 3. The molecule has 1 aliphatic heterocycles. The van der Waals surface area contributed by atoms with Crippen LogP contribution in [0.2, 0.25) is 10.0 Å². The average Bonchev–Trinajstić information content (AvgIpc) is 2.65. The van der Waals surface area contributed by atoms with Crippen LogP contribution in [0.5, 0.6) is 0 Å². The van der Waals surface area contributed by atoms with Crippen LogP contribution in [-0.2, 0) is 27.0 Å². The van der Waals surface area contributed by atoms with Gasteiger partial charge >= 0.3 is 0 Å². The summed E-state index contributed by atoms with van der Waals surface area (Å²) in [4.78, 5) is 18.2. The number of sulfonamides is 1. The summed E-state index contributed by atoms with van der Waals surface area (Å²) in [5, 5.41) is 0.715. The molecule has 1 aliphatic rings. The Labute approximate surface area is 168 Å². The number of pyridine rings is 1. The number of carbonyl (C=O) groups excluding carboxylic acids is 1. The number of amides is 1. The fourth-order valence-corrected chi connectivity index (χ4v) is 4.74. The van der Waals surface area contributed by atoms with Crippen LogP contribution < -0.4 is 0 Å². The third kappa shape index (κ3) is 5.19. The molecule has 1 amide bonds. The zero-order chi connectivity index (χ0) is 19.4. The summed E-state index contributed by atoms with van der Waals surface area (Å²) >= 11 is 11.8. The van der Waals surface area contributed by atoms with E-state index < -0.39 is 10.0 Å². The van der Waals surface area contributed by atoms with E-state index in [4.69, 9.17) is 23.2 Å². The topological polar surface area (TPSA) is 70.6 Å². The molecule has 9 heteroatoms. The molecular weight excluding hydrogens is 409 g/mol. The molecule has 144 valence electrons. The molecule has 1 saturated heterocycles. The molecule has 0 spiro atoms. The Morgan fingerprint density at radius 2 is 1.78 bits per heavy atom. The van der Waals surface area contributed by atoms with Crippen LogP contribution >= 0.6 is 23.2 Å². The normalized spacial score (nSPS) is 15.7. The number of rotatable bonds is 5. The highest BCUT2D eigenvalue weighted by atomic mass is 35.5. The van der Waals surface area contributed by atoms with Crippen LogP contribution in [0.1, 0.15) is 11.3 Å². The van der Waals surface area contributed by atoms with Gasteiger partial charge in [-0.05, 0) is 29.8 Å². The van der Waals surface area contributed by atoms with Crippen LogP contribution in [0.3, 0.4) is 0 Å². The lowest BCUT2D eigenvalue weighted by Gasteiger charge is -2.34. The van der Waals surface area contributed by atoms with Gasteiger partial charge in [-0.25, -0.2) is 8.42 Å². The number of hydrogen-bond acceptors (Lipinski definition) is 4. The predicted molar refractivity (Wildman–Crippen MR) is 105 cm³/mol. The monoisotopic (exact) mass is 427 g/mol. The van der Waals surface area contributed by atoms with Crippen molar-refractivity contribution in [2.24, 2.45) is 0 Å². The Balaban J connectivity index is 1.57. The van der Waals surface area contributed by atoms with Gasteiger partial charge in [0.2, 0.25) is 15.9 Å². The Kier molecular flexibility index (Phi) is 6.37. The standard InChI is InChI=1S/C18H19Cl2N3O3S/c19-16-5-4-14(11-17(16)20)13-27(25,26)23-9-7-22(8-10-23)18(24)12-15-3-1-2-6-21-15/h1-6,11H,7-10,12-13H2. The van der Waals surface area contributed by atoms with Gasteiger partial charge in [0, 0.05) is 38.1 Å². The van der Waals surface area contributed by atoms with Crippen molar-refractivity contribution in [3.8, 4) is 0 Å². The summed E-state index contributed by atoms with van der Waals surface area (Å²) in [6, 6.07) is 10.2. The second kappa shape index (κ2) is 8.56. The van der Waals surface area contributed by atoms with Gasteiger partial charge in [-0.2, -0.15) is 4.31 Å². The van der Waals surface area contributed by atoms with Gasteiger partial charge in [0.15, 0.2) is 0 Å². The molecule has 1 aromatic heterocycles. The van der Waals surface area contributed by atoms with Crippen molar-refractivity contribution in [3.63, 3.8) is 0 Å². The van der Waals surface area contributed by atoms with Crippen LogP contribution in [0.4, 0.5) is 0 Å². The first kappa shape index (κ1) is 20.1. The fraction of sp³-hybridized carbons (Fsp3) is 0.333. The molecule has 27 heavy (non-hydrogen) atoms. The van der Waals surface area contributed by atoms with Crippen molar-refractivity contribution in [3.05, 3.63) is 63.9 Å². The zero-order valence-electron chi connectivity index (χ0n) is 14.5. The van der Waals surface area contributed by atoms with Gasteiger partial charge in [-0.1, -0.05) is 35.3 Å². The molecule has 2 heterocycles. The highest BCUT2D eigenvalue weighted by molar-refractivity contribution is 7.88. The lowest BCUT2D eigenvalue weighted by Crippen LogP contribution is -2.51. The Morgan fingerprint density at radius 1 is 1.04 bits per heavy atom. The molecule has 0 atom stereocenters. The zero-order valence-corrected chi connectivity index (χ0v) is 16.8. The number of benzene rings is 1. The van der Waals surface area contributed by atoms with E-state index in [1.807, 2.05) is 6.07 Å². The maximum absolute atomic E-state index is 12.7. The molecule has 6 nitrogen and oxygen atoms in total. The number of halogens is 2. The fourth-order valence-electron chi connectivity index (χ4n) is 2.92. The quantitative estimate of drug-likeness (QED) is 0.734. The molecule has 0 saturated carbocycles. The van der Waals surface area contributed by atoms with E-state index in [2.05, 4.69) is 4.98 Å². The predicted octanol–water partition coefficient (Wildman–Crippen LogP) is 2.61. The first-order valence-electron chi connectivity index (χ1n) is 8.44. The summed E-state index contributed by atoms with van der Waals surface area (Å²) < 4.78 is 26.7. The lowest BCUT2D eigenvalue weighted by molar-refractivity contribution is -0.131. The lowest BCUT2D eigenvalue weighted by atomic mass is 10.2. The molecule has 0 N–H and O–H groups in total. The molecule has 2 aromatic rings. The molecule has 0 unspecified atom stereocenters. The van der Waals surface area contributed by atoms with E-state index in [0.29, 0.717) is 34.4 Å². The SMILES string of the molecule is O=C(Cc1ccccn1)N1CCN(S(=O)(=O)Cc2ccc(Cl)c(Cl)c2)CC1. The smallest absolute Gasteiger partial charge is 0.228 e. The molecular formula is C18H19Cl2N3O3S. The molecule has 0 bridgehead atoms. The molecule has 0 aliphatic carbocycles. The Morgan fingerprint density at radius 3 is 2.41 bits per heavy atom. The molecule has 1 fully saturated rings. The van der Waals surface area contributed by atoms with Crippen LogP contribution in [0, 0.1) is 0 Å². The van der Waals surface area contributed by atoms with Gasteiger partial charge in [-0.15, -0.1) is 0 Å². The van der Waals surface area contributed by atoms with E-state index >= 15 is 0 Å². The third-order valence-electron chi connectivity index (χ3n) is 4.38. The highest BCUT2D eigenvalue weighted by Crippen LogP contribution is 2.24. The van der Waals surface area contributed by atoms with Crippen molar-refractivity contribution in [2.75, 3.05) is 26.2 Å². The summed E-state index contributed by atoms with van der Waals surface area (Å²) in [6.07, 6.45) is 1.87. The van der Waals surface area contributed by atoms with Crippen molar-refractivity contribution in [1.82, 2.24) is 14.2 Å². The second-order valence-electron chi connectivity index (χ2n) is 6.28. The largest absolute Gasteiger partial charge is 0.340 e. The van der Waals surface area contributed by atoms with Gasteiger partial charge in [-0.3, -0.25) is 9.78 Å². The van der Waals surface area contributed by atoms with Crippen LogP contribution in [0.15, 0.2) is 42.6 Å². The minimum Gasteiger partial charge on any atom is -0.340 e. The highest BCUT2D eigenvalue weighted by Gasteiger charge is 2.29. The minimum absolute atomic E-state index is 0.0461. The minimum atomic E-state index is -3.49. The average molecular weight is 428 g/mol. The summed E-state index contributed by atoms with van der Waals surface area (Å²) in [7, 11) is -3.49. The summed E-state index contributed by atoms with van der Waals surface area (Å²) in [5.41, 5.74) is 1.29. The second-order valence-corrected chi connectivity index (χ2v) is 9.07. The van der Waals surface area contributed by atoms with Gasteiger partial charge in [0.05, 0.1) is 22.2 Å². The van der Waals surface area contributed by atoms with E-state index in [1.54, 1.807) is 41.4 Å². The van der Waals surface area contributed by atoms with Gasteiger partial charge in [0.25, 0.3) is 0 Å². The third-order valence-corrected chi connectivity index (χ3v) is 6.97. The maximum Gasteiger partial charge on any atom is 0.228 e. The van der Waals surface area contributed by atoms with Gasteiger partial charge < -0.3 is 4.90 Å². The van der Waals surface area contributed by atoms with Crippen LogP contribution in [-0.4, -0.2) is 54.7 Å². The summed E-state index contributed by atoms with van der Waals surface area (Å²) in [5.74, 6) is -0.193. The first-order valence-corrected chi connectivity index (χ1v) is 10.8. The molecule has 1 aromatic carbocycles. The van der Waals surface area contributed by atoms with Crippen molar-refractivity contribution in [1.29, 1.82) is 0 Å².